The molecule has 0 saturated carbocycles. The van der Waals surface area contributed by atoms with E-state index in [0.29, 0.717) is 17.2 Å². The van der Waals surface area contributed by atoms with Crippen LogP contribution >= 0.6 is 0 Å². The van der Waals surface area contributed by atoms with Gasteiger partial charge in [-0.25, -0.2) is 0 Å². The molecule has 0 aliphatic rings. The molecule has 100 valence electrons. The van der Waals surface area contributed by atoms with Crippen LogP contribution in [0.3, 0.4) is 0 Å². The number of benzene rings is 1. The third-order valence-corrected chi connectivity index (χ3v) is 2.21. The highest BCUT2D eigenvalue weighted by atomic mass is 16.6. The van der Waals surface area contributed by atoms with Crippen LogP contribution < -0.4 is 23.7 Å². The predicted octanol–water partition coefficient (Wildman–Crippen LogP) is 1.65. The molecule has 1 rings (SSSR count). The van der Waals surface area contributed by atoms with E-state index in [2.05, 4.69) is 0 Å². The van der Waals surface area contributed by atoms with Crippen molar-refractivity contribution in [3.63, 3.8) is 0 Å². The molecule has 0 N–H and O–H groups in total. The number of hydrogen-bond donors (Lipinski definition) is 0. The van der Waals surface area contributed by atoms with Gasteiger partial charge in [-0.2, -0.15) is 0 Å². The molecule has 6 heteroatoms. The molecule has 0 bridgehead atoms. The van der Waals surface area contributed by atoms with Crippen LogP contribution in [0.4, 0.5) is 0 Å². The summed E-state index contributed by atoms with van der Waals surface area (Å²) in [6, 6.07) is 1.50. The van der Waals surface area contributed by atoms with E-state index in [1.807, 2.05) is 0 Å². The Morgan fingerprint density at radius 3 is 1.72 bits per heavy atom. The minimum atomic E-state index is -0.470. The number of rotatable bonds is 5. The molecule has 0 atom stereocenters. The first kappa shape index (κ1) is 14.0. The zero-order chi connectivity index (χ0) is 13.7. The largest absolute Gasteiger partial charge is 0.493 e. The zero-order valence-corrected chi connectivity index (χ0v) is 11.0. The van der Waals surface area contributed by atoms with Crippen molar-refractivity contribution in [3.8, 4) is 28.7 Å². The number of carbonyl (C=O) groups excluding carboxylic acids is 1. The number of ether oxygens (including phenoxy) is 5. The SMILES string of the molecule is COc1cc(OC(C)=O)c(OC)c(OC)c1OC. The maximum Gasteiger partial charge on any atom is 0.308 e. The topological polar surface area (TPSA) is 63.2 Å². The van der Waals surface area contributed by atoms with Gasteiger partial charge in [0, 0.05) is 13.0 Å². The van der Waals surface area contributed by atoms with Crippen molar-refractivity contribution in [3.05, 3.63) is 6.07 Å². The van der Waals surface area contributed by atoms with E-state index in [-0.39, 0.29) is 11.5 Å². The van der Waals surface area contributed by atoms with Crippen molar-refractivity contribution in [1.82, 2.24) is 0 Å². The molecule has 0 fully saturated rings. The van der Waals surface area contributed by atoms with Crippen molar-refractivity contribution < 1.29 is 28.5 Å². The van der Waals surface area contributed by atoms with Gasteiger partial charge in [0.15, 0.2) is 11.5 Å². The smallest absolute Gasteiger partial charge is 0.308 e. The first-order valence-corrected chi connectivity index (χ1v) is 5.14. The lowest BCUT2D eigenvalue weighted by Gasteiger charge is -2.17. The first-order chi connectivity index (χ1) is 8.58. The van der Waals surface area contributed by atoms with Gasteiger partial charge in [0.05, 0.1) is 28.4 Å². The molecule has 0 aliphatic carbocycles. The molecule has 0 spiro atoms. The lowest BCUT2D eigenvalue weighted by Crippen LogP contribution is -2.05. The number of carbonyl (C=O) groups is 1. The fourth-order valence-corrected chi connectivity index (χ4v) is 1.53. The van der Waals surface area contributed by atoms with Gasteiger partial charge < -0.3 is 23.7 Å². The van der Waals surface area contributed by atoms with E-state index in [1.54, 1.807) is 0 Å². The van der Waals surface area contributed by atoms with Crippen LogP contribution in [0.25, 0.3) is 0 Å². The molecule has 18 heavy (non-hydrogen) atoms. The summed E-state index contributed by atoms with van der Waals surface area (Å²) < 4.78 is 25.8. The molecule has 0 unspecified atom stereocenters. The van der Waals surface area contributed by atoms with Gasteiger partial charge >= 0.3 is 5.97 Å². The zero-order valence-electron chi connectivity index (χ0n) is 11.0. The molecular formula is C12H16O6. The molecule has 1 aromatic rings. The Kier molecular flexibility index (Phi) is 4.65. The molecule has 0 radical (unpaired) electrons. The Balaban J connectivity index is 3.47. The van der Waals surface area contributed by atoms with E-state index < -0.39 is 5.97 Å². The number of methoxy groups -OCH3 is 4. The molecule has 0 aliphatic heterocycles. The summed E-state index contributed by atoms with van der Waals surface area (Å²) >= 11 is 0. The van der Waals surface area contributed by atoms with E-state index in [0.717, 1.165) is 0 Å². The van der Waals surface area contributed by atoms with Gasteiger partial charge in [0.25, 0.3) is 0 Å². The van der Waals surface area contributed by atoms with Gasteiger partial charge in [-0.15, -0.1) is 0 Å². The Hall–Kier alpha value is -2.11. The highest BCUT2D eigenvalue weighted by Crippen LogP contribution is 2.50. The second-order valence-corrected chi connectivity index (χ2v) is 3.27. The van der Waals surface area contributed by atoms with Crippen molar-refractivity contribution in [2.75, 3.05) is 28.4 Å². The second kappa shape index (κ2) is 6.00. The first-order valence-electron chi connectivity index (χ1n) is 5.14. The van der Waals surface area contributed by atoms with Crippen molar-refractivity contribution in [2.24, 2.45) is 0 Å². The summed E-state index contributed by atoms with van der Waals surface area (Å²) in [7, 11) is 5.85. The average molecular weight is 256 g/mol. The third kappa shape index (κ3) is 2.58. The fraction of sp³-hybridized carbons (Fsp3) is 0.417. The van der Waals surface area contributed by atoms with Gasteiger partial charge in [-0.1, -0.05) is 0 Å². The van der Waals surface area contributed by atoms with E-state index in [9.17, 15) is 4.79 Å². The Labute approximate surface area is 105 Å². The lowest BCUT2D eigenvalue weighted by molar-refractivity contribution is -0.132. The van der Waals surface area contributed by atoms with Crippen LogP contribution in [0.2, 0.25) is 0 Å². The summed E-state index contributed by atoms with van der Waals surface area (Å²) in [4.78, 5) is 11.0. The maximum absolute atomic E-state index is 11.0. The lowest BCUT2D eigenvalue weighted by atomic mass is 10.2. The molecular weight excluding hydrogens is 240 g/mol. The van der Waals surface area contributed by atoms with Crippen LogP contribution in [-0.4, -0.2) is 34.4 Å². The highest BCUT2D eigenvalue weighted by Gasteiger charge is 2.23. The summed E-state index contributed by atoms with van der Waals surface area (Å²) in [6.45, 7) is 1.29. The Morgan fingerprint density at radius 1 is 0.833 bits per heavy atom. The van der Waals surface area contributed by atoms with E-state index in [1.165, 1.54) is 41.4 Å². The summed E-state index contributed by atoms with van der Waals surface area (Å²) in [6.07, 6.45) is 0. The molecule has 6 nitrogen and oxygen atoms in total. The van der Waals surface area contributed by atoms with Gasteiger partial charge in [-0.3, -0.25) is 4.79 Å². The van der Waals surface area contributed by atoms with Crippen LogP contribution in [0.5, 0.6) is 28.7 Å². The minimum absolute atomic E-state index is 0.208. The monoisotopic (exact) mass is 256 g/mol. The summed E-state index contributed by atoms with van der Waals surface area (Å²) in [5.41, 5.74) is 0. The molecule has 0 saturated heterocycles. The summed E-state index contributed by atoms with van der Waals surface area (Å²) in [5, 5.41) is 0. The van der Waals surface area contributed by atoms with Crippen LogP contribution in [0.1, 0.15) is 6.92 Å². The quantitative estimate of drug-likeness (QED) is 0.589. The molecule has 1 aromatic carbocycles. The van der Waals surface area contributed by atoms with Gasteiger partial charge in [-0.05, 0) is 0 Å². The average Bonchev–Trinajstić information content (AvgIpc) is 2.36. The normalized spacial score (nSPS) is 9.61. The molecule has 0 heterocycles. The summed E-state index contributed by atoms with van der Waals surface area (Å²) in [5.74, 6) is 1.06. The molecule has 0 aromatic heterocycles. The highest BCUT2D eigenvalue weighted by molar-refractivity contribution is 5.74. The van der Waals surface area contributed by atoms with Crippen LogP contribution in [-0.2, 0) is 4.79 Å². The van der Waals surface area contributed by atoms with Gasteiger partial charge in [0.2, 0.25) is 17.2 Å². The number of hydrogen-bond acceptors (Lipinski definition) is 6. The van der Waals surface area contributed by atoms with Crippen molar-refractivity contribution in [1.29, 1.82) is 0 Å². The van der Waals surface area contributed by atoms with Gasteiger partial charge in [0.1, 0.15) is 0 Å². The predicted molar refractivity (Wildman–Crippen MR) is 64.0 cm³/mol. The molecule has 0 amide bonds. The van der Waals surface area contributed by atoms with E-state index in [4.69, 9.17) is 23.7 Å². The van der Waals surface area contributed by atoms with Crippen LogP contribution in [0, 0.1) is 0 Å². The standard InChI is InChI=1S/C12H16O6/c1-7(13)18-9-6-8(14-2)10(15-3)12(17-5)11(9)16-4/h6H,1-5H3. The Morgan fingerprint density at radius 2 is 1.33 bits per heavy atom. The van der Waals surface area contributed by atoms with Crippen LogP contribution in [0.15, 0.2) is 6.07 Å². The number of esters is 1. The third-order valence-electron chi connectivity index (χ3n) is 2.21. The Bertz CT molecular complexity index is 441. The van der Waals surface area contributed by atoms with Crippen molar-refractivity contribution >= 4 is 5.97 Å². The van der Waals surface area contributed by atoms with E-state index >= 15 is 0 Å². The van der Waals surface area contributed by atoms with Crippen molar-refractivity contribution in [2.45, 2.75) is 6.92 Å². The fourth-order valence-electron chi connectivity index (χ4n) is 1.53. The second-order valence-electron chi connectivity index (χ2n) is 3.27. The maximum atomic E-state index is 11.0. The minimum Gasteiger partial charge on any atom is -0.493 e.